The van der Waals surface area contributed by atoms with E-state index in [1.165, 1.54) is 5.56 Å². The number of piperidine rings is 2. The van der Waals surface area contributed by atoms with Crippen molar-refractivity contribution in [1.29, 1.82) is 0 Å². The van der Waals surface area contributed by atoms with Gasteiger partial charge in [-0.15, -0.1) is 0 Å². The van der Waals surface area contributed by atoms with Crippen molar-refractivity contribution in [3.8, 4) is 0 Å². The second kappa shape index (κ2) is 9.49. The van der Waals surface area contributed by atoms with E-state index < -0.39 is 0 Å². The highest BCUT2D eigenvalue weighted by atomic mass is 16.5. The van der Waals surface area contributed by atoms with Gasteiger partial charge in [0, 0.05) is 25.7 Å². The maximum atomic E-state index is 13.0. The van der Waals surface area contributed by atoms with Gasteiger partial charge < -0.3 is 15.0 Å². The van der Waals surface area contributed by atoms with Crippen molar-refractivity contribution in [2.24, 2.45) is 5.92 Å². The van der Waals surface area contributed by atoms with Gasteiger partial charge in [0.05, 0.1) is 12.5 Å². The summed E-state index contributed by atoms with van der Waals surface area (Å²) in [5.41, 5.74) is 1.30. The first-order valence-electron chi connectivity index (χ1n) is 9.93. The van der Waals surface area contributed by atoms with Crippen LogP contribution in [0.5, 0.6) is 0 Å². The Morgan fingerprint density at radius 3 is 2.58 bits per heavy atom. The van der Waals surface area contributed by atoms with Crippen molar-refractivity contribution >= 4 is 5.91 Å². The van der Waals surface area contributed by atoms with Gasteiger partial charge in [-0.3, -0.25) is 9.69 Å². The van der Waals surface area contributed by atoms with Crippen molar-refractivity contribution in [2.75, 3.05) is 40.4 Å². The molecule has 2 atom stereocenters. The maximum absolute atomic E-state index is 13.0. The normalized spacial score (nSPS) is 25.9. The minimum atomic E-state index is 0.0204. The molecule has 1 amide bonds. The standard InChI is InChI=1S/C21H33N3O2/c1-23-13-10-18(11-14-23)22-21(25)19-9-6-12-24(20(19)16-26-2)15-17-7-4-3-5-8-17/h3-5,7-8,18-20H,6,9-16H2,1-2H3,(H,22,25)/t19-,20-/m1/s1. The van der Waals surface area contributed by atoms with Crippen LogP contribution < -0.4 is 5.32 Å². The summed E-state index contributed by atoms with van der Waals surface area (Å²) in [6.45, 7) is 4.65. The van der Waals surface area contributed by atoms with E-state index in [9.17, 15) is 4.79 Å². The van der Waals surface area contributed by atoms with Crippen LogP contribution in [0.25, 0.3) is 0 Å². The highest BCUT2D eigenvalue weighted by Crippen LogP contribution is 2.26. The Kier molecular flexibility index (Phi) is 7.06. The highest BCUT2D eigenvalue weighted by molar-refractivity contribution is 5.79. The van der Waals surface area contributed by atoms with Gasteiger partial charge in [-0.1, -0.05) is 30.3 Å². The molecule has 0 bridgehead atoms. The number of nitrogens with one attached hydrogen (secondary N) is 1. The lowest BCUT2D eigenvalue weighted by Gasteiger charge is -2.41. The molecule has 2 saturated heterocycles. The largest absolute Gasteiger partial charge is 0.383 e. The Morgan fingerprint density at radius 2 is 1.88 bits per heavy atom. The molecular formula is C21H33N3O2. The Labute approximate surface area is 157 Å². The molecule has 0 spiro atoms. The van der Waals surface area contributed by atoms with Crippen molar-refractivity contribution in [3.63, 3.8) is 0 Å². The molecule has 26 heavy (non-hydrogen) atoms. The van der Waals surface area contributed by atoms with Crippen molar-refractivity contribution in [1.82, 2.24) is 15.1 Å². The lowest BCUT2D eigenvalue weighted by molar-refractivity contribution is -0.131. The first kappa shape index (κ1) is 19.3. The topological polar surface area (TPSA) is 44.8 Å². The number of rotatable bonds is 6. The van der Waals surface area contributed by atoms with Gasteiger partial charge in [0.25, 0.3) is 0 Å². The van der Waals surface area contributed by atoms with Crippen LogP contribution in [0.1, 0.15) is 31.2 Å². The van der Waals surface area contributed by atoms with E-state index in [2.05, 4.69) is 46.4 Å². The van der Waals surface area contributed by atoms with Crippen LogP contribution in [0.2, 0.25) is 0 Å². The lowest BCUT2D eigenvalue weighted by Crippen LogP contribution is -2.54. The van der Waals surface area contributed by atoms with Crippen LogP contribution >= 0.6 is 0 Å². The zero-order chi connectivity index (χ0) is 18.4. The molecule has 144 valence electrons. The maximum Gasteiger partial charge on any atom is 0.225 e. The van der Waals surface area contributed by atoms with E-state index >= 15 is 0 Å². The molecule has 2 aliphatic heterocycles. The SMILES string of the molecule is COC[C@@H]1[C@H](C(=O)NC2CCN(C)CC2)CCCN1Cc1ccccc1. The number of nitrogens with zero attached hydrogens (tertiary/aromatic N) is 2. The van der Waals surface area contributed by atoms with E-state index in [-0.39, 0.29) is 17.9 Å². The summed E-state index contributed by atoms with van der Waals surface area (Å²) in [6, 6.07) is 11.0. The third-order valence-corrected chi connectivity index (χ3v) is 5.86. The fourth-order valence-electron chi connectivity index (χ4n) is 4.30. The highest BCUT2D eigenvalue weighted by Gasteiger charge is 2.36. The van der Waals surface area contributed by atoms with Gasteiger partial charge in [-0.25, -0.2) is 0 Å². The molecule has 2 fully saturated rings. The fourth-order valence-corrected chi connectivity index (χ4v) is 4.30. The number of carbonyl (C=O) groups excluding carboxylic acids is 1. The van der Waals surface area contributed by atoms with Crippen LogP contribution in [-0.4, -0.2) is 68.2 Å². The van der Waals surface area contributed by atoms with Crippen LogP contribution in [0.4, 0.5) is 0 Å². The smallest absolute Gasteiger partial charge is 0.225 e. The average molecular weight is 360 g/mol. The van der Waals surface area contributed by atoms with Crippen molar-refractivity contribution in [3.05, 3.63) is 35.9 Å². The molecule has 0 unspecified atom stereocenters. The van der Waals surface area contributed by atoms with Gasteiger partial charge in [-0.2, -0.15) is 0 Å². The average Bonchev–Trinajstić information content (AvgIpc) is 2.66. The van der Waals surface area contributed by atoms with Gasteiger partial charge in [-0.05, 0) is 57.9 Å². The Hall–Kier alpha value is -1.43. The molecule has 0 saturated carbocycles. The molecule has 1 N–H and O–H groups in total. The summed E-state index contributed by atoms with van der Waals surface area (Å²) in [5.74, 6) is 0.242. The number of benzene rings is 1. The second-order valence-corrected chi connectivity index (χ2v) is 7.81. The molecule has 0 aliphatic carbocycles. The number of hydrogen-bond acceptors (Lipinski definition) is 4. The Bertz CT molecular complexity index is 558. The Morgan fingerprint density at radius 1 is 1.15 bits per heavy atom. The Balaban J connectivity index is 1.63. The van der Waals surface area contributed by atoms with Crippen LogP contribution in [0.15, 0.2) is 30.3 Å². The number of ether oxygens (including phenoxy) is 1. The van der Waals surface area contributed by atoms with Crippen molar-refractivity contribution in [2.45, 2.75) is 44.3 Å². The van der Waals surface area contributed by atoms with Crippen LogP contribution in [-0.2, 0) is 16.1 Å². The van der Waals surface area contributed by atoms with Crippen LogP contribution in [0.3, 0.4) is 0 Å². The molecule has 0 radical (unpaired) electrons. The lowest BCUT2D eigenvalue weighted by atomic mass is 9.87. The first-order chi connectivity index (χ1) is 12.7. The molecule has 3 rings (SSSR count). The summed E-state index contributed by atoms with van der Waals surface area (Å²) >= 11 is 0. The van der Waals surface area contributed by atoms with E-state index in [1.807, 2.05) is 6.07 Å². The zero-order valence-electron chi connectivity index (χ0n) is 16.2. The molecule has 1 aromatic rings. The summed E-state index contributed by atoms with van der Waals surface area (Å²) in [6.07, 6.45) is 4.13. The predicted molar refractivity (Wildman–Crippen MR) is 104 cm³/mol. The predicted octanol–water partition coefficient (Wildman–Crippen LogP) is 2.12. The number of hydrogen-bond donors (Lipinski definition) is 1. The van der Waals surface area contributed by atoms with Crippen molar-refractivity contribution < 1.29 is 9.53 Å². The van der Waals surface area contributed by atoms with Crippen LogP contribution in [0, 0.1) is 5.92 Å². The third-order valence-electron chi connectivity index (χ3n) is 5.86. The van der Waals surface area contributed by atoms with E-state index in [1.54, 1.807) is 7.11 Å². The van der Waals surface area contributed by atoms with E-state index in [4.69, 9.17) is 4.74 Å². The molecule has 1 aromatic carbocycles. The number of methoxy groups -OCH3 is 1. The molecule has 0 aromatic heterocycles. The van der Waals surface area contributed by atoms with E-state index in [0.717, 1.165) is 51.9 Å². The third kappa shape index (κ3) is 5.06. The molecule has 5 heteroatoms. The van der Waals surface area contributed by atoms with Gasteiger partial charge in [0.1, 0.15) is 0 Å². The fraction of sp³-hybridized carbons (Fsp3) is 0.667. The monoisotopic (exact) mass is 359 g/mol. The second-order valence-electron chi connectivity index (χ2n) is 7.81. The zero-order valence-corrected chi connectivity index (χ0v) is 16.2. The molecular weight excluding hydrogens is 326 g/mol. The quantitative estimate of drug-likeness (QED) is 0.845. The first-order valence-corrected chi connectivity index (χ1v) is 9.93. The summed E-state index contributed by atoms with van der Waals surface area (Å²) in [5, 5.41) is 3.33. The summed E-state index contributed by atoms with van der Waals surface area (Å²) in [7, 11) is 3.89. The van der Waals surface area contributed by atoms with E-state index in [0.29, 0.717) is 12.6 Å². The summed E-state index contributed by atoms with van der Waals surface area (Å²) < 4.78 is 5.51. The number of amides is 1. The number of carbonyl (C=O) groups is 1. The van der Waals surface area contributed by atoms with Gasteiger partial charge in [0.15, 0.2) is 0 Å². The minimum absolute atomic E-state index is 0.0204. The number of likely N-dealkylation sites (tertiary alicyclic amines) is 2. The van der Waals surface area contributed by atoms with Gasteiger partial charge >= 0.3 is 0 Å². The summed E-state index contributed by atoms with van der Waals surface area (Å²) in [4.78, 5) is 17.8. The van der Waals surface area contributed by atoms with Gasteiger partial charge in [0.2, 0.25) is 5.91 Å². The minimum Gasteiger partial charge on any atom is -0.383 e. The molecule has 2 heterocycles. The molecule has 2 aliphatic rings. The molecule has 5 nitrogen and oxygen atoms in total.